The van der Waals surface area contributed by atoms with Gasteiger partial charge in [-0.1, -0.05) is 31.8 Å². The summed E-state index contributed by atoms with van der Waals surface area (Å²) in [6, 6.07) is 18.0. The molecular weight excluding hydrogens is 348 g/mol. The number of rotatable bonds is 6. The molecule has 0 saturated heterocycles. The summed E-state index contributed by atoms with van der Waals surface area (Å²) in [4.78, 5) is 0. The van der Waals surface area contributed by atoms with Crippen LogP contribution in [-0.4, -0.2) is 19.2 Å². The third-order valence-electron chi connectivity index (χ3n) is 5.05. The predicted molar refractivity (Wildman–Crippen MR) is 116 cm³/mol. The Labute approximate surface area is 163 Å². The Morgan fingerprint density at radius 1 is 1.00 bits per heavy atom. The number of benzene rings is 2. The van der Waals surface area contributed by atoms with E-state index in [0.29, 0.717) is 12.3 Å². The van der Waals surface area contributed by atoms with Crippen LogP contribution in [-0.2, 0) is 11.5 Å². The highest BCUT2D eigenvalue weighted by Crippen LogP contribution is 2.30. The zero-order valence-corrected chi connectivity index (χ0v) is 18.0. The minimum absolute atomic E-state index is 0.530. The van der Waals surface area contributed by atoms with Crippen molar-refractivity contribution in [3.8, 4) is 17.3 Å². The third kappa shape index (κ3) is 4.50. The summed E-state index contributed by atoms with van der Waals surface area (Å²) in [7, 11) is -1.11. The van der Waals surface area contributed by atoms with Crippen LogP contribution in [0.15, 0.2) is 42.5 Å². The summed E-state index contributed by atoms with van der Waals surface area (Å²) in [5, 5.41) is 10.3. The molecule has 0 atom stereocenters. The number of nitriles is 1. The van der Waals surface area contributed by atoms with Crippen molar-refractivity contribution in [3.63, 3.8) is 0 Å². The molecule has 0 bridgehead atoms. The van der Waals surface area contributed by atoms with E-state index in [0.717, 1.165) is 29.2 Å². The van der Waals surface area contributed by atoms with Gasteiger partial charge in [0.05, 0.1) is 22.8 Å². The summed E-state index contributed by atoms with van der Waals surface area (Å²) < 4.78 is 8.29. The van der Waals surface area contributed by atoms with E-state index in [4.69, 9.17) is 4.74 Å². The van der Waals surface area contributed by atoms with Gasteiger partial charge in [0, 0.05) is 20.1 Å². The maximum Gasteiger partial charge on any atom is 0.123 e. The molecule has 0 aliphatic carbocycles. The molecule has 4 heteroatoms. The molecule has 140 valence electrons. The topological polar surface area (TPSA) is 38.0 Å². The van der Waals surface area contributed by atoms with Crippen molar-refractivity contribution in [2.24, 2.45) is 0 Å². The Morgan fingerprint density at radius 2 is 1.78 bits per heavy atom. The number of hydrogen-bond donors (Lipinski definition) is 0. The van der Waals surface area contributed by atoms with Crippen molar-refractivity contribution < 1.29 is 4.74 Å². The summed E-state index contributed by atoms with van der Waals surface area (Å²) in [5.41, 5.74) is 6.68. The van der Waals surface area contributed by atoms with E-state index in [-0.39, 0.29) is 0 Å². The Morgan fingerprint density at radius 3 is 2.44 bits per heavy atom. The van der Waals surface area contributed by atoms with E-state index in [9.17, 15) is 5.26 Å². The normalized spacial score (nSPS) is 11.7. The Hall–Kier alpha value is -2.35. The van der Waals surface area contributed by atoms with Crippen LogP contribution in [0, 0.1) is 25.2 Å². The highest BCUT2D eigenvalue weighted by Gasteiger charge is 2.14. The van der Waals surface area contributed by atoms with Gasteiger partial charge < -0.3 is 9.30 Å². The summed E-state index contributed by atoms with van der Waals surface area (Å²) in [5.74, 6) is 0. The van der Waals surface area contributed by atoms with E-state index in [1.54, 1.807) is 0 Å². The first-order valence-electron chi connectivity index (χ1n) is 9.47. The molecule has 3 aromatic rings. The van der Waals surface area contributed by atoms with Crippen LogP contribution in [0.2, 0.25) is 25.7 Å². The van der Waals surface area contributed by atoms with E-state index in [1.807, 2.05) is 18.2 Å². The highest BCUT2D eigenvalue weighted by atomic mass is 28.3. The number of aryl methyl sites for hydroxylation is 2. The fourth-order valence-corrected chi connectivity index (χ4v) is 3.91. The van der Waals surface area contributed by atoms with Crippen molar-refractivity contribution in [1.82, 2.24) is 4.57 Å². The SMILES string of the molecule is Cc1ccc(-c2cc3cc(C#N)ccc3n2COCC[Si](C)(C)C)cc1C. The summed E-state index contributed by atoms with van der Waals surface area (Å²) in [6.07, 6.45) is 0. The van der Waals surface area contributed by atoms with Gasteiger partial charge in [0.25, 0.3) is 0 Å². The number of nitrogens with zero attached hydrogens (tertiary/aromatic N) is 2. The van der Waals surface area contributed by atoms with E-state index in [1.165, 1.54) is 16.7 Å². The van der Waals surface area contributed by atoms with E-state index < -0.39 is 8.07 Å². The first kappa shape index (κ1) is 19.4. The number of ether oxygens (including phenoxy) is 1. The van der Waals surface area contributed by atoms with Gasteiger partial charge in [-0.15, -0.1) is 0 Å². The maximum atomic E-state index is 9.23. The van der Waals surface area contributed by atoms with Crippen LogP contribution in [0.3, 0.4) is 0 Å². The highest BCUT2D eigenvalue weighted by molar-refractivity contribution is 6.76. The Kier molecular flexibility index (Phi) is 5.55. The smallest absolute Gasteiger partial charge is 0.123 e. The molecule has 0 spiro atoms. The fraction of sp³-hybridized carbons (Fsp3) is 0.348. The molecule has 0 saturated carbocycles. The number of aromatic nitrogens is 1. The second-order valence-electron chi connectivity index (χ2n) is 8.49. The Balaban J connectivity index is 2.00. The number of hydrogen-bond acceptors (Lipinski definition) is 2. The summed E-state index contributed by atoms with van der Waals surface area (Å²) >= 11 is 0. The predicted octanol–water partition coefficient (Wildman–Crippen LogP) is 6.11. The van der Waals surface area contributed by atoms with Gasteiger partial charge >= 0.3 is 0 Å². The molecule has 0 amide bonds. The molecule has 0 aliphatic heterocycles. The van der Waals surface area contributed by atoms with Crippen LogP contribution in [0.5, 0.6) is 0 Å². The zero-order chi connectivity index (χ0) is 19.6. The van der Waals surface area contributed by atoms with Gasteiger partial charge in [-0.2, -0.15) is 5.26 Å². The maximum absolute atomic E-state index is 9.23. The summed E-state index contributed by atoms with van der Waals surface area (Å²) in [6.45, 7) is 12.7. The van der Waals surface area contributed by atoms with E-state index in [2.05, 4.69) is 68.4 Å². The van der Waals surface area contributed by atoms with E-state index >= 15 is 0 Å². The molecule has 27 heavy (non-hydrogen) atoms. The molecule has 0 N–H and O–H groups in total. The van der Waals surface area contributed by atoms with Gasteiger partial charge in [0.1, 0.15) is 6.73 Å². The first-order valence-corrected chi connectivity index (χ1v) is 13.2. The zero-order valence-electron chi connectivity index (χ0n) is 17.0. The number of fused-ring (bicyclic) bond motifs is 1. The average molecular weight is 377 g/mol. The fourth-order valence-electron chi connectivity index (χ4n) is 3.15. The minimum atomic E-state index is -1.11. The lowest BCUT2D eigenvalue weighted by Gasteiger charge is -2.17. The van der Waals surface area contributed by atoms with Gasteiger partial charge in [-0.3, -0.25) is 0 Å². The second kappa shape index (κ2) is 7.72. The van der Waals surface area contributed by atoms with Gasteiger partial charge in [-0.05, 0) is 66.9 Å². The van der Waals surface area contributed by atoms with Crippen LogP contribution in [0.4, 0.5) is 0 Å². The first-order chi connectivity index (χ1) is 12.8. The molecule has 0 radical (unpaired) electrons. The molecule has 0 fully saturated rings. The van der Waals surface area contributed by atoms with Crippen LogP contribution in [0.1, 0.15) is 16.7 Å². The average Bonchev–Trinajstić information content (AvgIpc) is 2.98. The lowest BCUT2D eigenvalue weighted by atomic mass is 10.0. The standard InChI is InChI=1S/C23H28N2OSi/c1-17-6-8-20(12-18(17)2)23-14-21-13-19(15-24)7-9-22(21)25(23)16-26-10-11-27(3,4)5/h6-9,12-14H,10-11,16H2,1-5H3. The van der Waals surface area contributed by atoms with Crippen molar-refractivity contribution in [2.75, 3.05) is 6.61 Å². The monoisotopic (exact) mass is 376 g/mol. The van der Waals surface area contributed by atoms with Crippen LogP contribution in [0.25, 0.3) is 22.2 Å². The lowest BCUT2D eigenvalue weighted by Crippen LogP contribution is -2.22. The van der Waals surface area contributed by atoms with Crippen LogP contribution >= 0.6 is 0 Å². The second-order valence-corrected chi connectivity index (χ2v) is 14.1. The van der Waals surface area contributed by atoms with Gasteiger partial charge in [-0.25, -0.2) is 0 Å². The Bertz CT molecular complexity index is 1010. The molecule has 3 rings (SSSR count). The molecule has 1 heterocycles. The lowest BCUT2D eigenvalue weighted by molar-refractivity contribution is 0.0913. The third-order valence-corrected chi connectivity index (χ3v) is 6.75. The molecule has 3 nitrogen and oxygen atoms in total. The molecule has 1 aromatic heterocycles. The molecule has 0 aliphatic rings. The van der Waals surface area contributed by atoms with Crippen molar-refractivity contribution in [2.45, 2.75) is 46.3 Å². The van der Waals surface area contributed by atoms with Crippen molar-refractivity contribution in [3.05, 3.63) is 59.2 Å². The van der Waals surface area contributed by atoms with Crippen LogP contribution < -0.4 is 0 Å². The molecular formula is C23H28N2OSi. The quantitative estimate of drug-likeness (QED) is 0.384. The largest absolute Gasteiger partial charge is 0.361 e. The van der Waals surface area contributed by atoms with Crippen molar-refractivity contribution in [1.29, 1.82) is 5.26 Å². The minimum Gasteiger partial charge on any atom is -0.361 e. The van der Waals surface area contributed by atoms with Gasteiger partial charge in [0.15, 0.2) is 0 Å². The molecule has 0 unspecified atom stereocenters. The molecule has 2 aromatic carbocycles. The van der Waals surface area contributed by atoms with Gasteiger partial charge in [0.2, 0.25) is 0 Å². The van der Waals surface area contributed by atoms with Crippen molar-refractivity contribution >= 4 is 19.0 Å².